The molecule has 1 atom stereocenters. The quantitative estimate of drug-likeness (QED) is 0.629. The van der Waals surface area contributed by atoms with Crippen molar-refractivity contribution in [1.29, 1.82) is 0 Å². The van der Waals surface area contributed by atoms with Gasteiger partial charge in [-0.15, -0.1) is 0 Å². The molecule has 2 aromatic carbocycles. The summed E-state index contributed by atoms with van der Waals surface area (Å²) in [5.41, 5.74) is 0.293. The van der Waals surface area contributed by atoms with E-state index < -0.39 is 6.10 Å². The molecule has 0 saturated heterocycles. The van der Waals surface area contributed by atoms with Crippen molar-refractivity contribution in [3.05, 3.63) is 70.5 Å². The second-order valence-corrected chi connectivity index (χ2v) is 6.50. The van der Waals surface area contributed by atoms with Crippen molar-refractivity contribution >= 4 is 16.8 Å². The predicted molar refractivity (Wildman–Crippen MR) is 106 cm³/mol. The van der Waals surface area contributed by atoms with Crippen molar-refractivity contribution in [2.45, 2.75) is 19.6 Å². The van der Waals surface area contributed by atoms with Gasteiger partial charge in [0.2, 0.25) is 0 Å². The number of carbonyl (C=O) groups is 1. The van der Waals surface area contributed by atoms with Crippen LogP contribution in [0.2, 0.25) is 0 Å². The molecular weight excluding hydrogens is 377 g/mol. The highest BCUT2D eigenvalue weighted by Gasteiger charge is 2.23. The third-order valence-corrected chi connectivity index (χ3v) is 4.35. The molecule has 7 nitrogen and oxygen atoms in total. The number of hydrogen-bond acceptors (Lipinski definition) is 5. The summed E-state index contributed by atoms with van der Waals surface area (Å²) in [4.78, 5) is 33.9. The fourth-order valence-electron chi connectivity index (χ4n) is 2.88. The Kier molecular flexibility index (Phi) is 6.56. The Balaban J connectivity index is 1.78. The van der Waals surface area contributed by atoms with Gasteiger partial charge in [0.1, 0.15) is 17.4 Å². The molecule has 152 valence electrons. The first-order chi connectivity index (χ1) is 14.0. The maximum Gasteiger partial charge on any atom is 0.263 e. The van der Waals surface area contributed by atoms with Gasteiger partial charge in [0.25, 0.3) is 11.5 Å². The molecular formula is C21H22FN3O4. The van der Waals surface area contributed by atoms with Crippen molar-refractivity contribution < 1.29 is 18.7 Å². The number of hydrogen-bond donors (Lipinski definition) is 1. The van der Waals surface area contributed by atoms with Gasteiger partial charge >= 0.3 is 0 Å². The second kappa shape index (κ2) is 9.29. The van der Waals surface area contributed by atoms with Crippen LogP contribution in [0.25, 0.3) is 10.9 Å². The Hall–Kier alpha value is -3.26. The van der Waals surface area contributed by atoms with Crippen molar-refractivity contribution in [1.82, 2.24) is 14.9 Å². The van der Waals surface area contributed by atoms with E-state index in [1.165, 1.54) is 36.3 Å². The van der Waals surface area contributed by atoms with Gasteiger partial charge < -0.3 is 19.4 Å². The number of halogens is 1. The minimum Gasteiger partial charge on any atom is -0.481 e. The monoisotopic (exact) mass is 399 g/mol. The van der Waals surface area contributed by atoms with Gasteiger partial charge in [0.15, 0.2) is 6.10 Å². The summed E-state index contributed by atoms with van der Waals surface area (Å²) in [6.07, 6.45) is -0.815. The van der Waals surface area contributed by atoms with E-state index in [0.717, 1.165) is 0 Å². The first-order valence-electron chi connectivity index (χ1n) is 9.16. The van der Waals surface area contributed by atoms with Gasteiger partial charge in [-0.05, 0) is 43.3 Å². The summed E-state index contributed by atoms with van der Waals surface area (Å²) in [6.45, 7) is 2.32. The summed E-state index contributed by atoms with van der Waals surface area (Å²) >= 11 is 0. The summed E-state index contributed by atoms with van der Waals surface area (Å²) in [7, 11) is 1.54. The van der Waals surface area contributed by atoms with E-state index in [4.69, 9.17) is 9.47 Å². The highest BCUT2D eigenvalue weighted by Crippen LogP contribution is 2.15. The van der Waals surface area contributed by atoms with Crippen LogP contribution in [0.4, 0.5) is 4.39 Å². The lowest BCUT2D eigenvalue weighted by molar-refractivity contribution is -0.139. The molecule has 0 saturated carbocycles. The zero-order valence-corrected chi connectivity index (χ0v) is 16.2. The number of aromatic nitrogens is 2. The van der Waals surface area contributed by atoms with E-state index in [1.807, 2.05) is 0 Å². The molecule has 0 spiro atoms. The molecule has 3 rings (SSSR count). The maximum absolute atomic E-state index is 13.1. The molecule has 29 heavy (non-hydrogen) atoms. The first kappa shape index (κ1) is 20.5. The van der Waals surface area contributed by atoms with Crippen LogP contribution >= 0.6 is 0 Å². The maximum atomic E-state index is 13.1. The van der Waals surface area contributed by atoms with Gasteiger partial charge in [-0.1, -0.05) is 12.1 Å². The fraction of sp³-hybridized carbons (Fsp3) is 0.286. The average Bonchev–Trinajstić information content (AvgIpc) is 2.72. The Morgan fingerprint density at radius 1 is 1.21 bits per heavy atom. The topological polar surface area (TPSA) is 84.5 Å². The molecule has 0 aliphatic heterocycles. The van der Waals surface area contributed by atoms with Crippen LogP contribution in [0.3, 0.4) is 0 Å². The lowest BCUT2D eigenvalue weighted by Gasteiger charge is -2.25. The molecule has 0 radical (unpaired) electrons. The van der Waals surface area contributed by atoms with Crippen LogP contribution in [0.15, 0.2) is 53.3 Å². The molecule has 0 aliphatic rings. The van der Waals surface area contributed by atoms with Crippen LogP contribution < -0.4 is 10.3 Å². The molecule has 3 aromatic rings. The zero-order chi connectivity index (χ0) is 20.8. The Morgan fingerprint density at radius 3 is 2.66 bits per heavy atom. The SMILES string of the molecule is COCCN(Cc1nc2ccccc2c(=O)[nH]1)C(=O)C(C)Oc1ccc(F)cc1. The Labute approximate surface area is 167 Å². The number of rotatable bonds is 8. The van der Waals surface area contributed by atoms with E-state index in [0.29, 0.717) is 35.6 Å². The number of carbonyl (C=O) groups excluding carboxylic acids is 1. The minimum atomic E-state index is -0.815. The number of ether oxygens (including phenoxy) is 2. The van der Waals surface area contributed by atoms with Crippen LogP contribution in [0, 0.1) is 5.82 Å². The number of nitrogens with one attached hydrogen (secondary N) is 1. The number of amides is 1. The summed E-state index contributed by atoms with van der Waals surface area (Å²) in [5.74, 6) is 0.0647. The van der Waals surface area contributed by atoms with Gasteiger partial charge in [0, 0.05) is 13.7 Å². The third kappa shape index (κ3) is 5.17. The fourth-order valence-corrected chi connectivity index (χ4v) is 2.88. The van der Waals surface area contributed by atoms with E-state index >= 15 is 0 Å². The Morgan fingerprint density at radius 2 is 1.93 bits per heavy atom. The smallest absolute Gasteiger partial charge is 0.263 e. The largest absolute Gasteiger partial charge is 0.481 e. The minimum absolute atomic E-state index is 0.0966. The van der Waals surface area contributed by atoms with Gasteiger partial charge in [-0.2, -0.15) is 0 Å². The second-order valence-electron chi connectivity index (χ2n) is 6.50. The standard InChI is InChI=1S/C21H22FN3O4/c1-14(29-16-9-7-15(22)8-10-16)21(27)25(11-12-28-2)13-19-23-18-6-4-3-5-17(18)20(26)24-19/h3-10,14H,11-13H2,1-2H3,(H,23,24,26). The molecule has 1 heterocycles. The summed E-state index contributed by atoms with van der Waals surface area (Å²) in [5, 5.41) is 0.485. The van der Waals surface area contributed by atoms with Gasteiger partial charge in [-0.25, -0.2) is 9.37 Å². The van der Waals surface area contributed by atoms with Crippen LogP contribution in [0.5, 0.6) is 5.75 Å². The van der Waals surface area contributed by atoms with Crippen molar-refractivity contribution in [3.8, 4) is 5.75 Å². The van der Waals surface area contributed by atoms with Gasteiger partial charge in [0.05, 0.1) is 24.1 Å². The zero-order valence-electron chi connectivity index (χ0n) is 16.2. The molecule has 0 aliphatic carbocycles. The van der Waals surface area contributed by atoms with Crippen molar-refractivity contribution in [2.24, 2.45) is 0 Å². The van der Waals surface area contributed by atoms with Crippen LogP contribution in [0.1, 0.15) is 12.7 Å². The van der Waals surface area contributed by atoms with Crippen LogP contribution in [-0.2, 0) is 16.1 Å². The lowest BCUT2D eigenvalue weighted by atomic mass is 10.2. The van der Waals surface area contributed by atoms with Gasteiger partial charge in [-0.3, -0.25) is 9.59 Å². The average molecular weight is 399 g/mol. The number of fused-ring (bicyclic) bond motifs is 1. The normalized spacial score (nSPS) is 12.0. The molecule has 1 N–H and O–H groups in total. The highest BCUT2D eigenvalue weighted by molar-refractivity contribution is 5.81. The molecule has 1 amide bonds. The molecule has 1 aromatic heterocycles. The number of nitrogens with zero attached hydrogens (tertiary/aromatic N) is 2. The third-order valence-electron chi connectivity index (χ3n) is 4.35. The Bertz CT molecular complexity index is 1040. The number of aromatic amines is 1. The summed E-state index contributed by atoms with van der Waals surface area (Å²) < 4.78 is 23.8. The molecule has 0 bridgehead atoms. The number of H-pyrrole nitrogens is 1. The lowest BCUT2D eigenvalue weighted by Crippen LogP contribution is -2.42. The van der Waals surface area contributed by atoms with Crippen LogP contribution in [-0.4, -0.2) is 47.1 Å². The first-order valence-corrected chi connectivity index (χ1v) is 9.16. The number of para-hydroxylation sites is 1. The van der Waals surface area contributed by atoms with Crippen molar-refractivity contribution in [3.63, 3.8) is 0 Å². The van der Waals surface area contributed by atoms with E-state index in [2.05, 4.69) is 9.97 Å². The molecule has 0 fully saturated rings. The van der Waals surface area contributed by atoms with E-state index in [1.54, 1.807) is 31.2 Å². The summed E-state index contributed by atoms with van der Waals surface area (Å²) in [6, 6.07) is 12.4. The van der Waals surface area contributed by atoms with E-state index in [9.17, 15) is 14.0 Å². The number of benzene rings is 2. The number of methoxy groups -OCH3 is 1. The molecule has 8 heteroatoms. The van der Waals surface area contributed by atoms with E-state index in [-0.39, 0.29) is 23.8 Å². The predicted octanol–water partition coefficient (Wildman–Crippen LogP) is 2.50. The van der Waals surface area contributed by atoms with Crippen molar-refractivity contribution in [2.75, 3.05) is 20.3 Å². The molecule has 1 unspecified atom stereocenters. The highest BCUT2D eigenvalue weighted by atomic mass is 19.1.